The first-order valence-electron chi connectivity index (χ1n) is 6.29. The van der Waals surface area contributed by atoms with E-state index < -0.39 is 5.92 Å². The molecule has 1 fully saturated rings. The quantitative estimate of drug-likeness (QED) is 0.749. The van der Waals surface area contributed by atoms with Crippen molar-refractivity contribution in [3.63, 3.8) is 0 Å². The number of hydrogen-bond acceptors (Lipinski definition) is 1. The maximum Gasteiger partial charge on any atom is 0.248 e. The van der Waals surface area contributed by atoms with Crippen LogP contribution in [0, 0.1) is 13.0 Å². The predicted molar refractivity (Wildman–Crippen MR) is 65.8 cm³/mol. The molecular weight excluding hydrogens is 234 g/mol. The van der Waals surface area contributed by atoms with Crippen molar-refractivity contribution >= 4 is 11.0 Å². The Kier molecular flexibility index (Phi) is 2.61. The van der Waals surface area contributed by atoms with Gasteiger partial charge in [0.25, 0.3) is 0 Å². The Hall–Kier alpha value is -1.45. The summed E-state index contributed by atoms with van der Waals surface area (Å²) in [5, 5.41) is 0. The van der Waals surface area contributed by atoms with Gasteiger partial charge >= 0.3 is 0 Å². The van der Waals surface area contributed by atoms with Crippen LogP contribution in [-0.2, 0) is 0 Å². The average Bonchev–Trinajstić information content (AvgIpc) is 2.66. The first kappa shape index (κ1) is 11.6. The minimum absolute atomic E-state index is 0.0181. The molecule has 0 aliphatic heterocycles. The third kappa shape index (κ3) is 1.89. The molecule has 0 unspecified atom stereocenters. The molecule has 1 aromatic heterocycles. The largest absolute Gasteiger partial charge is 0.325 e. The van der Waals surface area contributed by atoms with Gasteiger partial charge in [0.1, 0.15) is 5.82 Å². The van der Waals surface area contributed by atoms with Gasteiger partial charge in [-0.15, -0.1) is 0 Å². The molecule has 1 saturated carbocycles. The van der Waals surface area contributed by atoms with Crippen LogP contribution < -0.4 is 0 Å². The van der Waals surface area contributed by atoms with Gasteiger partial charge < -0.3 is 4.57 Å². The lowest BCUT2D eigenvalue weighted by atomic mass is 9.92. The summed E-state index contributed by atoms with van der Waals surface area (Å²) in [6, 6.07) is 8.79. The van der Waals surface area contributed by atoms with Gasteiger partial charge in [0.15, 0.2) is 0 Å². The fourth-order valence-electron chi connectivity index (χ4n) is 2.85. The van der Waals surface area contributed by atoms with Crippen molar-refractivity contribution in [2.24, 2.45) is 0 Å². The Morgan fingerprint density at radius 2 is 2.11 bits per heavy atom. The highest BCUT2D eigenvalue weighted by Crippen LogP contribution is 2.39. The van der Waals surface area contributed by atoms with E-state index in [0.717, 1.165) is 16.9 Å². The zero-order chi connectivity index (χ0) is 12.8. The van der Waals surface area contributed by atoms with Crippen molar-refractivity contribution in [1.29, 1.82) is 0 Å². The SMILES string of the molecule is Cc1nc2c[c]ccc2n1C1CCC(F)(F)CC1. The molecule has 1 radical (unpaired) electrons. The zero-order valence-electron chi connectivity index (χ0n) is 10.3. The molecule has 2 aromatic rings. The predicted octanol–water partition coefficient (Wildman–Crippen LogP) is 3.90. The Morgan fingerprint density at radius 1 is 1.39 bits per heavy atom. The third-order valence-electron chi connectivity index (χ3n) is 3.76. The number of aromatic nitrogens is 2. The van der Waals surface area contributed by atoms with Crippen molar-refractivity contribution in [3.8, 4) is 0 Å². The molecule has 2 nitrogen and oxygen atoms in total. The molecule has 0 N–H and O–H groups in total. The number of hydrogen-bond donors (Lipinski definition) is 0. The van der Waals surface area contributed by atoms with E-state index in [9.17, 15) is 8.78 Å². The first-order chi connectivity index (χ1) is 8.57. The van der Waals surface area contributed by atoms with Gasteiger partial charge in [0, 0.05) is 18.9 Å². The van der Waals surface area contributed by atoms with E-state index in [1.54, 1.807) is 0 Å². The molecule has 1 heterocycles. The second-order valence-corrected chi connectivity index (χ2v) is 5.03. The summed E-state index contributed by atoms with van der Waals surface area (Å²) in [5.74, 6) is -1.58. The number of alkyl halides is 2. The lowest BCUT2D eigenvalue weighted by Gasteiger charge is -2.30. The zero-order valence-corrected chi connectivity index (χ0v) is 10.3. The highest BCUT2D eigenvalue weighted by molar-refractivity contribution is 5.75. The summed E-state index contributed by atoms with van der Waals surface area (Å²) >= 11 is 0. The second kappa shape index (κ2) is 4.04. The van der Waals surface area contributed by atoms with Crippen LogP contribution >= 0.6 is 0 Å². The van der Waals surface area contributed by atoms with Crippen molar-refractivity contribution in [3.05, 3.63) is 30.1 Å². The summed E-state index contributed by atoms with van der Waals surface area (Å²) in [7, 11) is 0. The van der Waals surface area contributed by atoms with Crippen LogP contribution in [0.15, 0.2) is 18.2 Å². The van der Waals surface area contributed by atoms with Gasteiger partial charge in [-0.05, 0) is 38.0 Å². The van der Waals surface area contributed by atoms with Crippen LogP contribution in [0.4, 0.5) is 8.78 Å². The summed E-state index contributed by atoms with van der Waals surface area (Å²) < 4.78 is 28.5. The van der Waals surface area contributed by atoms with E-state index in [0.29, 0.717) is 12.8 Å². The smallest absolute Gasteiger partial charge is 0.248 e. The summed E-state index contributed by atoms with van der Waals surface area (Å²) in [6.45, 7) is 1.94. The van der Waals surface area contributed by atoms with Gasteiger partial charge in [0.2, 0.25) is 5.92 Å². The lowest BCUT2D eigenvalue weighted by molar-refractivity contribution is -0.0437. The molecule has 0 atom stereocenters. The van der Waals surface area contributed by atoms with Gasteiger partial charge in [-0.3, -0.25) is 0 Å². The molecule has 4 heteroatoms. The molecule has 18 heavy (non-hydrogen) atoms. The van der Waals surface area contributed by atoms with Crippen LogP contribution in [0.3, 0.4) is 0 Å². The molecule has 3 rings (SSSR count). The van der Waals surface area contributed by atoms with Crippen LogP contribution in [-0.4, -0.2) is 15.5 Å². The fraction of sp³-hybridized carbons (Fsp3) is 0.500. The molecular formula is C14H15F2N2. The molecule has 95 valence electrons. The highest BCUT2D eigenvalue weighted by atomic mass is 19.3. The van der Waals surface area contributed by atoms with Crippen LogP contribution in [0.2, 0.25) is 0 Å². The fourth-order valence-corrected chi connectivity index (χ4v) is 2.85. The highest BCUT2D eigenvalue weighted by Gasteiger charge is 2.36. The number of nitrogens with zero attached hydrogens (tertiary/aromatic N) is 2. The normalized spacial score (nSPS) is 20.4. The Balaban J connectivity index is 1.97. The van der Waals surface area contributed by atoms with Crippen molar-refractivity contribution in [2.75, 3.05) is 0 Å². The number of rotatable bonds is 1. The van der Waals surface area contributed by atoms with Crippen LogP contribution in [0.1, 0.15) is 37.5 Å². The van der Waals surface area contributed by atoms with Gasteiger partial charge in [-0.25, -0.2) is 13.8 Å². The second-order valence-electron chi connectivity index (χ2n) is 5.03. The van der Waals surface area contributed by atoms with Crippen LogP contribution in [0.5, 0.6) is 0 Å². The summed E-state index contributed by atoms with van der Waals surface area (Å²) in [5.41, 5.74) is 1.92. The minimum atomic E-state index is -2.48. The van der Waals surface area contributed by atoms with Crippen molar-refractivity contribution in [2.45, 2.75) is 44.6 Å². The average molecular weight is 249 g/mol. The van der Waals surface area contributed by atoms with E-state index in [4.69, 9.17) is 0 Å². The molecule has 1 aliphatic carbocycles. The molecule has 0 amide bonds. The Morgan fingerprint density at radius 3 is 2.83 bits per heavy atom. The van der Waals surface area contributed by atoms with E-state index in [1.807, 2.05) is 25.1 Å². The Bertz CT molecular complexity index is 564. The lowest BCUT2D eigenvalue weighted by Crippen LogP contribution is -2.26. The van der Waals surface area contributed by atoms with Gasteiger partial charge in [-0.2, -0.15) is 0 Å². The van der Waals surface area contributed by atoms with E-state index in [-0.39, 0.29) is 18.9 Å². The monoisotopic (exact) mass is 249 g/mol. The third-order valence-corrected chi connectivity index (χ3v) is 3.76. The number of aryl methyl sites for hydroxylation is 1. The molecule has 0 spiro atoms. The topological polar surface area (TPSA) is 17.8 Å². The van der Waals surface area contributed by atoms with Crippen molar-refractivity contribution < 1.29 is 8.78 Å². The maximum absolute atomic E-state index is 13.2. The van der Waals surface area contributed by atoms with E-state index >= 15 is 0 Å². The molecule has 1 aromatic carbocycles. The van der Waals surface area contributed by atoms with Crippen molar-refractivity contribution in [1.82, 2.24) is 9.55 Å². The molecule has 0 bridgehead atoms. The maximum atomic E-state index is 13.2. The minimum Gasteiger partial charge on any atom is -0.325 e. The first-order valence-corrected chi connectivity index (χ1v) is 6.29. The van der Waals surface area contributed by atoms with Gasteiger partial charge in [-0.1, -0.05) is 6.07 Å². The number of fused-ring (bicyclic) bond motifs is 1. The van der Waals surface area contributed by atoms with Crippen LogP contribution in [0.25, 0.3) is 11.0 Å². The summed E-state index contributed by atoms with van der Waals surface area (Å²) in [4.78, 5) is 4.47. The Labute approximate surface area is 105 Å². The number of halogens is 2. The van der Waals surface area contributed by atoms with E-state index in [2.05, 4.69) is 15.6 Å². The molecule has 0 saturated heterocycles. The molecule has 1 aliphatic rings. The number of imidazole rings is 1. The summed E-state index contributed by atoms with van der Waals surface area (Å²) in [6.07, 6.45) is 1.02. The van der Waals surface area contributed by atoms with E-state index in [1.165, 1.54) is 0 Å². The number of benzene rings is 1. The standard InChI is InChI=1S/C14H15F2N2/c1-10-17-12-4-2-3-5-13(12)18(10)11-6-8-14(15,16)9-7-11/h3-5,11H,6-9H2,1H3. The van der Waals surface area contributed by atoms with Gasteiger partial charge in [0.05, 0.1) is 11.0 Å².